The number of fused-ring (bicyclic) bond motifs is 3. The van der Waals surface area contributed by atoms with Gasteiger partial charge in [0.15, 0.2) is 5.13 Å². The Morgan fingerprint density at radius 2 is 2.29 bits per heavy atom. The van der Waals surface area contributed by atoms with Crippen LogP contribution in [0.3, 0.4) is 0 Å². The standard InChI is InChI=1S/C19H20N6O2S/c1-24-15-4-5-16-17(13(15)9-22-24)23-19(28-16)25(11-12-3-2-8-27-12)18(26)14-10-20-6-7-21-14/h6-7,9-10,12H,2-5,8,11H2,1H3/t12-/m1/s1. The highest BCUT2D eigenvalue weighted by Crippen LogP contribution is 2.39. The van der Waals surface area contributed by atoms with Gasteiger partial charge in [-0.2, -0.15) is 5.10 Å². The average molecular weight is 396 g/mol. The molecule has 1 atom stereocenters. The Hall–Kier alpha value is -2.65. The van der Waals surface area contributed by atoms with Gasteiger partial charge >= 0.3 is 0 Å². The highest BCUT2D eigenvalue weighted by molar-refractivity contribution is 7.16. The van der Waals surface area contributed by atoms with Crippen LogP contribution in [-0.2, 0) is 24.6 Å². The van der Waals surface area contributed by atoms with Crippen molar-refractivity contribution < 1.29 is 9.53 Å². The zero-order valence-corrected chi connectivity index (χ0v) is 16.4. The monoisotopic (exact) mass is 396 g/mol. The number of carbonyl (C=O) groups excluding carboxylic acids is 1. The topological polar surface area (TPSA) is 86.0 Å². The van der Waals surface area contributed by atoms with E-state index in [1.54, 1.807) is 22.4 Å². The average Bonchev–Trinajstić information content (AvgIpc) is 3.46. The summed E-state index contributed by atoms with van der Waals surface area (Å²) in [6.45, 7) is 1.22. The molecular formula is C19H20N6O2S. The molecule has 4 heterocycles. The lowest BCUT2D eigenvalue weighted by molar-refractivity contribution is 0.0913. The maximum absolute atomic E-state index is 13.2. The molecule has 0 unspecified atom stereocenters. The Bertz CT molecular complexity index is 1010. The van der Waals surface area contributed by atoms with Crippen molar-refractivity contribution in [2.45, 2.75) is 31.8 Å². The summed E-state index contributed by atoms with van der Waals surface area (Å²) in [6.07, 6.45) is 10.3. The number of rotatable bonds is 4. The number of aryl methyl sites for hydroxylation is 2. The normalized spacial score (nSPS) is 18.0. The number of ether oxygens (including phenoxy) is 1. The number of carbonyl (C=O) groups is 1. The van der Waals surface area contributed by atoms with E-state index in [1.807, 2.05) is 17.9 Å². The fourth-order valence-corrected chi connectivity index (χ4v) is 4.89. The first kappa shape index (κ1) is 17.4. The molecule has 2 aliphatic rings. The largest absolute Gasteiger partial charge is 0.376 e. The zero-order valence-electron chi connectivity index (χ0n) is 15.5. The lowest BCUT2D eigenvalue weighted by Crippen LogP contribution is -2.38. The highest BCUT2D eigenvalue weighted by Gasteiger charge is 2.31. The van der Waals surface area contributed by atoms with E-state index in [2.05, 4.69) is 15.1 Å². The summed E-state index contributed by atoms with van der Waals surface area (Å²) in [5, 5.41) is 5.07. The predicted molar refractivity (Wildman–Crippen MR) is 104 cm³/mol. The van der Waals surface area contributed by atoms with Crippen LogP contribution in [0.15, 0.2) is 24.8 Å². The fraction of sp³-hybridized carbons (Fsp3) is 0.421. The third-order valence-corrected chi connectivity index (χ3v) is 6.40. The van der Waals surface area contributed by atoms with Crippen LogP contribution in [0.25, 0.3) is 11.3 Å². The number of aromatic nitrogens is 5. The molecule has 3 aromatic rings. The van der Waals surface area contributed by atoms with Gasteiger partial charge < -0.3 is 4.74 Å². The van der Waals surface area contributed by atoms with Crippen molar-refractivity contribution in [3.05, 3.63) is 41.1 Å². The van der Waals surface area contributed by atoms with Crippen LogP contribution in [0.2, 0.25) is 0 Å². The molecule has 1 amide bonds. The fourth-order valence-electron chi connectivity index (χ4n) is 3.81. The molecule has 1 fully saturated rings. The van der Waals surface area contributed by atoms with Gasteiger partial charge in [0.05, 0.1) is 30.7 Å². The van der Waals surface area contributed by atoms with E-state index in [1.165, 1.54) is 23.0 Å². The number of amides is 1. The van der Waals surface area contributed by atoms with E-state index in [4.69, 9.17) is 9.72 Å². The molecule has 0 aromatic carbocycles. The van der Waals surface area contributed by atoms with E-state index < -0.39 is 0 Å². The van der Waals surface area contributed by atoms with Gasteiger partial charge in [0.2, 0.25) is 0 Å². The summed E-state index contributed by atoms with van der Waals surface area (Å²) in [4.78, 5) is 29.2. The first-order valence-electron chi connectivity index (χ1n) is 9.41. The molecule has 0 saturated carbocycles. The summed E-state index contributed by atoms with van der Waals surface area (Å²) in [7, 11) is 1.96. The highest BCUT2D eigenvalue weighted by atomic mass is 32.1. The lowest BCUT2D eigenvalue weighted by Gasteiger charge is -2.22. The van der Waals surface area contributed by atoms with Crippen LogP contribution in [0.4, 0.5) is 5.13 Å². The van der Waals surface area contributed by atoms with E-state index in [0.29, 0.717) is 17.4 Å². The van der Waals surface area contributed by atoms with E-state index >= 15 is 0 Å². The summed E-state index contributed by atoms with van der Waals surface area (Å²) < 4.78 is 7.70. The molecule has 0 radical (unpaired) electrons. The summed E-state index contributed by atoms with van der Waals surface area (Å²) in [5.41, 5.74) is 3.51. The Balaban J connectivity index is 1.53. The molecule has 1 aliphatic carbocycles. The number of anilines is 1. The maximum Gasteiger partial charge on any atom is 0.280 e. The van der Waals surface area contributed by atoms with Crippen LogP contribution < -0.4 is 4.90 Å². The third kappa shape index (κ3) is 3.00. The Morgan fingerprint density at radius 1 is 1.36 bits per heavy atom. The van der Waals surface area contributed by atoms with Crippen molar-refractivity contribution in [3.63, 3.8) is 0 Å². The Morgan fingerprint density at radius 3 is 3.07 bits per heavy atom. The van der Waals surface area contributed by atoms with Gasteiger partial charge in [0, 0.05) is 42.2 Å². The van der Waals surface area contributed by atoms with Crippen molar-refractivity contribution in [2.24, 2.45) is 7.05 Å². The second-order valence-electron chi connectivity index (χ2n) is 7.04. The number of hydrogen-bond donors (Lipinski definition) is 0. The molecule has 1 aliphatic heterocycles. The van der Waals surface area contributed by atoms with Crippen LogP contribution >= 0.6 is 11.3 Å². The lowest BCUT2D eigenvalue weighted by atomic mass is 10.0. The van der Waals surface area contributed by atoms with Gasteiger partial charge in [-0.05, 0) is 25.7 Å². The van der Waals surface area contributed by atoms with E-state index in [9.17, 15) is 4.79 Å². The summed E-state index contributed by atoms with van der Waals surface area (Å²) in [6, 6.07) is 0. The molecule has 9 heteroatoms. The van der Waals surface area contributed by atoms with Crippen molar-refractivity contribution in [1.82, 2.24) is 24.7 Å². The van der Waals surface area contributed by atoms with Crippen molar-refractivity contribution in [1.29, 1.82) is 0 Å². The molecule has 0 spiro atoms. The van der Waals surface area contributed by atoms with Gasteiger partial charge in [-0.3, -0.25) is 19.4 Å². The van der Waals surface area contributed by atoms with Gasteiger partial charge in [-0.25, -0.2) is 9.97 Å². The van der Waals surface area contributed by atoms with Gasteiger partial charge in [-0.15, -0.1) is 11.3 Å². The first-order valence-corrected chi connectivity index (χ1v) is 10.2. The predicted octanol–water partition coefficient (Wildman–Crippen LogP) is 2.26. The molecule has 8 nitrogen and oxygen atoms in total. The first-order chi connectivity index (χ1) is 13.7. The maximum atomic E-state index is 13.2. The number of nitrogens with zero attached hydrogens (tertiary/aromatic N) is 6. The molecule has 144 valence electrons. The minimum Gasteiger partial charge on any atom is -0.376 e. The molecule has 3 aromatic heterocycles. The van der Waals surface area contributed by atoms with Gasteiger partial charge in [0.25, 0.3) is 5.91 Å². The molecule has 28 heavy (non-hydrogen) atoms. The molecule has 0 bridgehead atoms. The molecule has 5 rings (SSSR count). The summed E-state index contributed by atoms with van der Waals surface area (Å²) in [5.74, 6) is -0.193. The van der Waals surface area contributed by atoms with Crippen LogP contribution in [0.5, 0.6) is 0 Å². The molecule has 1 saturated heterocycles. The van der Waals surface area contributed by atoms with Gasteiger partial charge in [-0.1, -0.05) is 0 Å². The van der Waals surface area contributed by atoms with E-state index in [0.717, 1.165) is 43.5 Å². The van der Waals surface area contributed by atoms with Crippen LogP contribution in [-0.4, -0.2) is 49.9 Å². The van der Waals surface area contributed by atoms with Crippen molar-refractivity contribution >= 4 is 22.4 Å². The zero-order chi connectivity index (χ0) is 19.1. The van der Waals surface area contributed by atoms with Crippen molar-refractivity contribution in [2.75, 3.05) is 18.1 Å². The minimum atomic E-state index is -0.193. The minimum absolute atomic E-state index is 0.0236. The number of hydrogen-bond acceptors (Lipinski definition) is 7. The third-order valence-electron chi connectivity index (χ3n) is 5.26. The number of thiazole rings is 1. The molecule has 0 N–H and O–H groups in total. The van der Waals surface area contributed by atoms with Crippen LogP contribution in [0.1, 0.15) is 33.9 Å². The SMILES string of the molecule is Cn1ncc2c1CCc1sc(N(C[C@H]3CCCO3)C(=O)c3cnccn3)nc1-2. The summed E-state index contributed by atoms with van der Waals surface area (Å²) >= 11 is 1.58. The van der Waals surface area contributed by atoms with Crippen LogP contribution in [0, 0.1) is 0 Å². The van der Waals surface area contributed by atoms with Gasteiger partial charge in [0.1, 0.15) is 5.69 Å². The second-order valence-corrected chi connectivity index (χ2v) is 8.10. The molecular weight excluding hydrogens is 376 g/mol. The van der Waals surface area contributed by atoms with Crippen molar-refractivity contribution in [3.8, 4) is 11.3 Å². The second kappa shape index (κ2) is 7.06. The quantitative estimate of drug-likeness (QED) is 0.672. The Labute approximate surface area is 166 Å². The van der Waals surface area contributed by atoms with E-state index in [-0.39, 0.29) is 12.0 Å². The smallest absolute Gasteiger partial charge is 0.280 e. The Kier molecular flexibility index (Phi) is 4.40.